The van der Waals surface area contributed by atoms with Crippen LogP contribution in [0.15, 0.2) is 42.7 Å². The summed E-state index contributed by atoms with van der Waals surface area (Å²) in [5.74, 6) is -0.365. The molecule has 1 aromatic heterocycles. The van der Waals surface area contributed by atoms with E-state index in [9.17, 15) is 9.18 Å². The van der Waals surface area contributed by atoms with Crippen molar-refractivity contribution in [3.05, 3.63) is 65.2 Å². The van der Waals surface area contributed by atoms with Gasteiger partial charge < -0.3 is 0 Å². The second-order valence-corrected chi connectivity index (χ2v) is 4.24. The Balaban J connectivity index is 2.02. The molecule has 1 aromatic carbocycles. The van der Waals surface area contributed by atoms with Crippen molar-refractivity contribution in [3.63, 3.8) is 0 Å². The van der Waals surface area contributed by atoms with E-state index in [0.717, 1.165) is 5.56 Å². The predicted octanol–water partition coefficient (Wildman–Crippen LogP) is 3.34. The minimum Gasteiger partial charge on any atom is -0.294 e. The van der Waals surface area contributed by atoms with Crippen molar-refractivity contribution in [2.75, 3.05) is 0 Å². The molecule has 2 rings (SSSR count). The topological polar surface area (TPSA) is 30.0 Å². The Morgan fingerprint density at radius 3 is 2.61 bits per heavy atom. The van der Waals surface area contributed by atoms with Crippen molar-refractivity contribution in [1.29, 1.82) is 0 Å². The molecule has 0 aliphatic rings. The molecule has 18 heavy (non-hydrogen) atoms. The van der Waals surface area contributed by atoms with Gasteiger partial charge in [0.25, 0.3) is 0 Å². The average Bonchev–Trinajstić information content (AvgIpc) is 2.40. The highest BCUT2D eigenvalue weighted by molar-refractivity contribution is 5.96. The maximum atomic E-state index is 13.3. The number of hydrogen-bond donors (Lipinski definition) is 0. The zero-order valence-corrected chi connectivity index (χ0v) is 10.2. The summed E-state index contributed by atoms with van der Waals surface area (Å²) in [7, 11) is 0. The number of hydrogen-bond acceptors (Lipinski definition) is 2. The second-order valence-electron chi connectivity index (χ2n) is 4.24. The fraction of sp³-hybridized carbons (Fsp3) is 0.200. The number of benzene rings is 1. The molecule has 0 N–H and O–H groups in total. The van der Waals surface area contributed by atoms with Crippen LogP contribution >= 0.6 is 0 Å². The van der Waals surface area contributed by atoms with Crippen LogP contribution in [0.25, 0.3) is 0 Å². The summed E-state index contributed by atoms with van der Waals surface area (Å²) in [6.45, 7) is 1.68. The molecule has 2 nitrogen and oxygen atoms in total. The largest absolute Gasteiger partial charge is 0.294 e. The maximum absolute atomic E-state index is 13.3. The van der Waals surface area contributed by atoms with Crippen molar-refractivity contribution in [1.82, 2.24) is 4.98 Å². The molecule has 92 valence electrons. The van der Waals surface area contributed by atoms with Crippen LogP contribution in [0, 0.1) is 12.7 Å². The molecule has 0 saturated heterocycles. The van der Waals surface area contributed by atoms with Crippen LogP contribution in [0.5, 0.6) is 0 Å². The highest BCUT2D eigenvalue weighted by Crippen LogP contribution is 2.12. The number of aromatic nitrogens is 1. The molecule has 1 heterocycles. The summed E-state index contributed by atoms with van der Waals surface area (Å²) >= 11 is 0. The normalized spacial score (nSPS) is 10.3. The smallest absolute Gasteiger partial charge is 0.163 e. The quantitative estimate of drug-likeness (QED) is 0.771. The van der Waals surface area contributed by atoms with Gasteiger partial charge in [-0.25, -0.2) is 4.39 Å². The zero-order valence-electron chi connectivity index (χ0n) is 10.2. The molecule has 2 aromatic rings. The van der Waals surface area contributed by atoms with E-state index in [1.807, 2.05) is 12.1 Å². The SMILES string of the molecule is Cc1ccc(C(=O)CCc2ccncc2)cc1F. The Morgan fingerprint density at radius 1 is 1.22 bits per heavy atom. The summed E-state index contributed by atoms with van der Waals surface area (Å²) in [5.41, 5.74) is 2.05. The van der Waals surface area contributed by atoms with Gasteiger partial charge >= 0.3 is 0 Å². The Bertz CT molecular complexity index is 552. The molecule has 0 unspecified atom stereocenters. The van der Waals surface area contributed by atoms with Gasteiger partial charge in [-0.3, -0.25) is 9.78 Å². The Hall–Kier alpha value is -2.03. The van der Waals surface area contributed by atoms with Gasteiger partial charge in [0, 0.05) is 24.4 Å². The van der Waals surface area contributed by atoms with Crippen LogP contribution in [0.3, 0.4) is 0 Å². The van der Waals surface area contributed by atoms with Crippen molar-refractivity contribution in [2.24, 2.45) is 0 Å². The molecule has 0 radical (unpaired) electrons. The first-order valence-electron chi connectivity index (χ1n) is 5.85. The Labute approximate surface area is 105 Å². The molecule has 0 saturated carbocycles. The maximum Gasteiger partial charge on any atom is 0.163 e. The number of pyridine rings is 1. The van der Waals surface area contributed by atoms with Gasteiger partial charge in [0.05, 0.1) is 0 Å². The van der Waals surface area contributed by atoms with E-state index in [4.69, 9.17) is 0 Å². The van der Waals surface area contributed by atoms with E-state index < -0.39 is 0 Å². The Morgan fingerprint density at radius 2 is 1.94 bits per heavy atom. The minimum atomic E-state index is -0.329. The van der Waals surface area contributed by atoms with Gasteiger partial charge in [-0.1, -0.05) is 12.1 Å². The van der Waals surface area contributed by atoms with E-state index >= 15 is 0 Å². The monoisotopic (exact) mass is 243 g/mol. The molecule has 0 fully saturated rings. The lowest BCUT2D eigenvalue weighted by Crippen LogP contribution is -2.02. The van der Waals surface area contributed by atoms with Gasteiger partial charge in [0.15, 0.2) is 5.78 Å². The van der Waals surface area contributed by atoms with Crippen LogP contribution in [0.1, 0.15) is 27.9 Å². The lowest BCUT2D eigenvalue weighted by Gasteiger charge is -2.03. The zero-order chi connectivity index (χ0) is 13.0. The number of carbonyl (C=O) groups excluding carboxylic acids is 1. The molecule has 0 bridgehead atoms. The summed E-state index contributed by atoms with van der Waals surface area (Å²) < 4.78 is 13.3. The number of rotatable bonds is 4. The average molecular weight is 243 g/mol. The molecule has 0 atom stereocenters. The lowest BCUT2D eigenvalue weighted by atomic mass is 10.0. The number of halogens is 1. The van der Waals surface area contributed by atoms with E-state index in [1.54, 1.807) is 31.5 Å². The number of Topliss-reactive ketones (excluding diaryl/α,β-unsaturated/α-hetero) is 1. The van der Waals surface area contributed by atoms with Crippen LogP contribution in [-0.2, 0) is 6.42 Å². The number of nitrogens with zero attached hydrogens (tertiary/aromatic N) is 1. The van der Waals surface area contributed by atoms with E-state index in [1.165, 1.54) is 6.07 Å². The van der Waals surface area contributed by atoms with Crippen LogP contribution in [0.2, 0.25) is 0 Å². The number of aryl methyl sites for hydroxylation is 2. The number of carbonyl (C=O) groups is 1. The second kappa shape index (κ2) is 5.54. The van der Waals surface area contributed by atoms with Crippen molar-refractivity contribution < 1.29 is 9.18 Å². The summed E-state index contributed by atoms with van der Waals surface area (Å²) in [6, 6.07) is 8.37. The third kappa shape index (κ3) is 3.00. The molecule has 0 aliphatic carbocycles. The molecular weight excluding hydrogens is 229 g/mol. The molecular formula is C15H14FNO. The first-order valence-corrected chi connectivity index (χ1v) is 5.85. The van der Waals surface area contributed by atoms with Gasteiger partial charge in [0.1, 0.15) is 5.82 Å². The fourth-order valence-corrected chi connectivity index (χ4v) is 1.72. The van der Waals surface area contributed by atoms with E-state index in [2.05, 4.69) is 4.98 Å². The first-order chi connectivity index (χ1) is 8.66. The van der Waals surface area contributed by atoms with Crippen LogP contribution in [-0.4, -0.2) is 10.8 Å². The summed E-state index contributed by atoms with van der Waals surface area (Å²) in [4.78, 5) is 15.8. The summed E-state index contributed by atoms with van der Waals surface area (Å²) in [5, 5.41) is 0. The third-order valence-corrected chi connectivity index (χ3v) is 2.88. The molecule has 3 heteroatoms. The van der Waals surface area contributed by atoms with Crippen molar-refractivity contribution >= 4 is 5.78 Å². The van der Waals surface area contributed by atoms with Gasteiger partial charge in [-0.15, -0.1) is 0 Å². The molecule has 0 spiro atoms. The van der Waals surface area contributed by atoms with Gasteiger partial charge in [0.2, 0.25) is 0 Å². The van der Waals surface area contributed by atoms with Crippen LogP contribution in [0.4, 0.5) is 4.39 Å². The van der Waals surface area contributed by atoms with Crippen LogP contribution < -0.4 is 0 Å². The summed E-state index contributed by atoms with van der Waals surface area (Å²) in [6.07, 6.45) is 4.43. The van der Waals surface area contributed by atoms with Crippen molar-refractivity contribution in [2.45, 2.75) is 19.8 Å². The van der Waals surface area contributed by atoms with E-state index in [0.29, 0.717) is 24.0 Å². The van der Waals surface area contributed by atoms with Gasteiger partial charge in [-0.05, 0) is 42.7 Å². The minimum absolute atomic E-state index is 0.0364. The molecule has 0 amide bonds. The third-order valence-electron chi connectivity index (χ3n) is 2.88. The fourth-order valence-electron chi connectivity index (χ4n) is 1.72. The highest BCUT2D eigenvalue weighted by Gasteiger charge is 2.08. The standard InChI is InChI=1S/C15H14FNO/c1-11-2-4-13(10-14(11)16)15(18)5-3-12-6-8-17-9-7-12/h2,4,6-10H,3,5H2,1H3. The number of ketones is 1. The predicted molar refractivity (Wildman–Crippen MR) is 68.0 cm³/mol. The van der Waals surface area contributed by atoms with Crippen molar-refractivity contribution in [3.8, 4) is 0 Å². The Kier molecular flexibility index (Phi) is 3.82. The molecule has 0 aliphatic heterocycles. The van der Waals surface area contributed by atoms with Gasteiger partial charge in [-0.2, -0.15) is 0 Å². The highest BCUT2D eigenvalue weighted by atomic mass is 19.1. The lowest BCUT2D eigenvalue weighted by molar-refractivity contribution is 0.0982. The van der Waals surface area contributed by atoms with E-state index in [-0.39, 0.29) is 11.6 Å². The first kappa shape index (κ1) is 12.4.